The zero-order valence-corrected chi connectivity index (χ0v) is 14.6. The van der Waals surface area contributed by atoms with E-state index in [1.807, 2.05) is 0 Å². The van der Waals surface area contributed by atoms with Gasteiger partial charge in [-0.05, 0) is 42.0 Å². The first-order chi connectivity index (χ1) is 12.9. The molecule has 27 heavy (non-hydrogen) atoms. The van der Waals surface area contributed by atoms with Crippen molar-refractivity contribution in [3.05, 3.63) is 71.2 Å². The maximum atomic E-state index is 12.9. The van der Waals surface area contributed by atoms with Crippen molar-refractivity contribution in [2.45, 2.75) is 0 Å². The van der Waals surface area contributed by atoms with Crippen molar-refractivity contribution in [3.63, 3.8) is 0 Å². The molecule has 140 valence electrons. The van der Waals surface area contributed by atoms with Crippen LogP contribution in [0.5, 0.6) is 0 Å². The fourth-order valence-corrected chi connectivity index (χ4v) is 2.13. The molecule has 0 spiro atoms. The van der Waals surface area contributed by atoms with Crippen LogP contribution < -0.4 is 10.6 Å². The Morgan fingerprint density at radius 2 is 1.63 bits per heavy atom. The van der Waals surface area contributed by atoms with Gasteiger partial charge in [-0.1, -0.05) is 12.1 Å². The topological polar surface area (TPSA) is 93.7 Å². The van der Waals surface area contributed by atoms with Crippen LogP contribution in [0.1, 0.15) is 26.3 Å². The number of esters is 2. The third-order valence-corrected chi connectivity index (χ3v) is 3.45. The van der Waals surface area contributed by atoms with Crippen LogP contribution in [0.15, 0.2) is 48.7 Å². The number of anilines is 1. The summed E-state index contributed by atoms with van der Waals surface area (Å²) in [4.78, 5) is 35.6. The molecule has 8 heteroatoms. The number of urea groups is 1. The van der Waals surface area contributed by atoms with E-state index < -0.39 is 18.0 Å². The summed E-state index contributed by atoms with van der Waals surface area (Å²) in [5, 5.41) is 4.92. The lowest BCUT2D eigenvalue weighted by Crippen LogP contribution is -2.25. The molecule has 2 amide bonds. The van der Waals surface area contributed by atoms with Crippen LogP contribution in [0.25, 0.3) is 6.08 Å². The Labute approximate surface area is 154 Å². The molecule has 2 aromatic rings. The lowest BCUT2D eigenvalue weighted by atomic mass is 10.1. The number of hydrogen-bond acceptors (Lipinski definition) is 5. The largest absolute Gasteiger partial charge is 0.465 e. The van der Waals surface area contributed by atoms with Gasteiger partial charge in [-0.15, -0.1) is 0 Å². The van der Waals surface area contributed by atoms with Crippen molar-refractivity contribution >= 4 is 29.7 Å². The number of rotatable bonds is 5. The van der Waals surface area contributed by atoms with Gasteiger partial charge in [0.25, 0.3) is 0 Å². The molecule has 7 nitrogen and oxygen atoms in total. The first-order valence-electron chi connectivity index (χ1n) is 7.75. The molecule has 0 unspecified atom stereocenters. The van der Waals surface area contributed by atoms with E-state index in [4.69, 9.17) is 0 Å². The zero-order chi connectivity index (χ0) is 19.8. The van der Waals surface area contributed by atoms with Gasteiger partial charge in [-0.3, -0.25) is 0 Å². The number of hydrogen-bond donors (Lipinski definition) is 2. The quantitative estimate of drug-likeness (QED) is 0.786. The molecule has 2 N–H and O–H groups in total. The highest BCUT2D eigenvalue weighted by Crippen LogP contribution is 2.19. The van der Waals surface area contributed by atoms with Crippen molar-refractivity contribution < 1.29 is 28.2 Å². The summed E-state index contributed by atoms with van der Waals surface area (Å²) in [5.41, 5.74) is 0.988. The predicted molar refractivity (Wildman–Crippen MR) is 96.7 cm³/mol. The summed E-state index contributed by atoms with van der Waals surface area (Å²) in [7, 11) is 2.42. The fourth-order valence-electron chi connectivity index (χ4n) is 2.13. The summed E-state index contributed by atoms with van der Waals surface area (Å²) in [6.07, 6.45) is 2.91. The SMILES string of the molecule is COC(=O)c1ccc(C(=O)OC)c(NC(=O)N/C=C/c2ccc(F)cc2)c1. The van der Waals surface area contributed by atoms with Crippen molar-refractivity contribution in [2.75, 3.05) is 19.5 Å². The van der Waals surface area contributed by atoms with Crippen LogP contribution in [-0.4, -0.2) is 32.2 Å². The Balaban J connectivity index is 2.13. The van der Waals surface area contributed by atoms with Crippen molar-refractivity contribution in [3.8, 4) is 0 Å². The fraction of sp³-hybridized carbons (Fsp3) is 0.105. The number of carbonyl (C=O) groups excluding carboxylic acids is 3. The van der Waals surface area contributed by atoms with Gasteiger partial charge in [0.1, 0.15) is 5.82 Å². The van der Waals surface area contributed by atoms with E-state index in [0.29, 0.717) is 5.56 Å². The van der Waals surface area contributed by atoms with Crippen molar-refractivity contribution in [2.24, 2.45) is 0 Å². The van der Waals surface area contributed by atoms with E-state index in [1.54, 1.807) is 18.2 Å². The van der Waals surface area contributed by atoms with Crippen LogP contribution in [0, 0.1) is 5.82 Å². The number of halogens is 1. The van der Waals surface area contributed by atoms with Gasteiger partial charge < -0.3 is 20.1 Å². The monoisotopic (exact) mass is 372 g/mol. The van der Waals surface area contributed by atoms with E-state index in [-0.39, 0.29) is 22.6 Å². The van der Waals surface area contributed by atoms with Crippen LogP contribution in [0.3, 0.4) is 0 Å². The maximum absolute atomic E-state index is 12.9. The lowest BCUT2D eigenvalue weighted by Gasteiger charge is -2.11. The van der Waals surface area contributed by atoms with Crippen LogP contribution in [0.4, 0.5) is 14.9 Å². The van der Waals surface area contributed by atoms with Crippen LogP contribution in [0.2, 0.25) is 0 Å². The first kappa shape index (κ1) is 19.6. The first-order valence-corrected chi connectivity index (χ1v) is 7.75. The third kappa shape index (κ3) is 5.40. The standard InChI is InChI=1S/C19H17FN2O5/c1-26-17(23)13-5-8-15(18(24)27-2)16(11-13)22-19(25)21-10-9-12-3-6-14(20)7-4-12/h3-11H,1-2H3,(H2,21,22,25)/b10-9+. The minimum absolute atomic E-state index is 0.0721. The van der Waals surface area contributed by atoms with Crippen LogP contribution in [-0.2, 0) is 9.47 Å². The second-order valence-electron chi connectivity index (χ2n) is 5.23. The predicted octanol–water partition coefficient (Wildman–Crippen LogP) is 3.19. The maximum Gasteiger partial charge on any atom is 0.339 e. The van der Waals surface area contributed by atoms with Gasteiger partial charge in [0.2, 0.25) is 0 Å². The number of carbonyl (C=O) groups is 3. The average molecular weight is 372 g/mol. The summed E-state index contributed by atoms with van der Waals surface area (Å²) >= 11 is 0. The van der Waals surface area contributed by atoms with E-state index >= 15 is 0 Å². The zero-order valence-electron chi connectivity index (χ0n) is 14.6. The summed E-state index contributed by atoms with van der Waals surface area (Å²) in [6, 6.07) is 9.06. The molecule has 2 aromatic carbocycles. The van der Waals surface area contributed by atoms with Gasteiger partial charge in [0.15, 0.2) is 0 Å². The highest BCUT2D eigenvalue weighted by atomic mass is 19.1. The summed E-state index contributed by atoms with van der Waals surface area (Å²) < 4.78 is 22.1. The number of amides is 2. The van der Waals surface area contributed by atoms with Gasteiger partial charge in [0.05, 0.1) is 31.0 Å². The third-order valence-electron chi connectivity index (χ3n) is 3.45. The molecule has 0 aliphatic rings. The van der Waals surface area contributed by atoms with Gasteiger partial charge >= 0.3 is 18.0 Å². The Kier molecular flexibility index (Phi) is 6.65. The van der Waals surface area contributed by atoms with Crippen molar-refractivity contribution in [1.82, 2.24) is 5.32 Å². The number of benzene rings is 2. The normalized spacial score (nSPS) is 10.3. The van der Waals surface area contributed by atoms with E-state index in [9.17, 15) is 18.8 Å². The molecule has 0 heterocycles. The van der Waals surface area contributed by atoms with Gasteiger partial charge in [-0.25, -0.2) is 18.8 Å². The molecule has 0 aliphatic heterocycles. The molecule has 0 atom stereocenters. The molecule has 0 aliphatic carbocycles. The minimum atomic E-state index is -0.677. The molecule has 0 saturated heterocycles. The Bertz CT molecular complexity index is 878. The molecule has 0 fully saturated rings. The van der Waals surface area contributed by atoms with Crippen molar-refractivity contribution in [1.29, 1.82) is 0 Å². The van der Waals surface area contributed by atoms with Gasteiger partial charge in [-0.2, -0.15) is 0 Å². The Hall–Kier alpha value is -3.68. The number of methoxy groups -OCH3 is 2. The minimum Gasteiger partial charge on any atom is -0.465 e. The highest BCUT2D eigenvalue weighted by Gasteiger charge is 2.17. The molecule has 0 aromatic heterocycles. The van der Waals surface area contributed by atoms with E-state index in [0.717, 1.165) is 0 Å². The molecule has 2 rings (SSSR count). The Morgan fingerprint density at radius 1 is 0.963 bits per heavy atom. The smallest absolute Gasteiger partial charge is 0.339 e. The molecular weight excluding hydrogens is 355 g/mol. The molecular formula is C19H17FN2O5. The average Bonchev–Trinajstić information content (AvgIpc) is 2.68. The Morgan fingerprint density at radius 3 is 2.26 bits per heavy atom. The van der Waals surface area contributed by atoms with Gasteiger partial charge in [0, 0.05) is 6.20 Å². The molecule has 0 saturated carbocycles. The highest BCUT2D eigenvalue weighted by molar-refractivity contribution is 6.03. The van der Waals surface area contributed by atoms with E-state index in [1.165, 1.54) is 50.8 Å². The van der Waals surface area contributed by atoms with Crippen LogP contribution >= 0.6 is 0 Å². The number of ether oxygens (including phenoxy) is 2. The summed E-state index contributed by atoms with van der Waals surface area (Å²) in [5.74, 6) is -1.66. The van der Waals surface area contributed by atoms with E-state index in [2.05, 4.69) is 20.1 Å². The number of nitrogens with one attached hydrogen (secondary N) is 2. The second-order valence-corrected chi connectivity index (χ2v) is 5.23. The molecule has 0 bridgehead atoms. The summed E-state index contributed by atoms with van der Waals surface area (Å²) in [6.45, 7) is 0. The lowest BCUT2D eigenvalue weighted by molar-refractivity contribution is 0.0587. The molecule has 0 radical (unpaired) electrons. The second kappa shape index (κ2) is 9.14.